The van der Waals surface area contributed by atoms with E-state index in [0.29, 0.717) is 11.8 Å². The largest absolute Gasteiger partial charge is 0.385 e. The second-order valence-corrected chi connectivity index (χ2v) is 4.43. The molecule has 2 rings (SSSR count). The Kier molecular flexibility index (Phi) is 5.25. The summed E-state index contributed by atoms with van der Waals surface area (Å²) < 4.78 is 4.99. The lowest BCUT2D eigenvalue weighted by atomic mass is 10.2. The van der Waals surface area contributed by atoms with Crippen LogP contribution in [0.3, 0.4) is 0 Å². The Balaban J connectivity index is 1.95. The number of hydrogen-bond acceptors (Lipinski definition) is 6. The third-order valence-corrected chi connectivity index (χ3v) is 2.66. The van der Waals surface area contributed by atoms with E-state index in [1.54, 1.807) is 13.3 Å². The highest BCUT2D eigenvalue weighted by Gasteiger charge is 2.01. The van der Waals surface area contributed by atoms with Gasteiger partial charge in [-0.15, -0.1) is 5.10 Å². The van der Waals surface area contributed by atoms with Gasteiger partial charge in [-0.2, -0.15) is 10.1 Å². The molecule has 20 heavy (non-hydrogen) atoms. The molecule has 0 atom stereocenters. The van der Waals surface area contributed by atoms with Crippen molar-refractivity contribution in [2.75, 3.05) is 30.9 Å². The minimum absolute atomic E-state index is 0.479. The van der Waals surface area contributed by atoms with Crippen LogP contribution in [0.1, 0.15) is 12.0 Å². The number of aryl methyl sites for hydroxylation is 1. The fraction of sp³-hybridized carbons (Fsp3) is 0.357. The third-order valence-electron chi connectivity index (χ3n) is 2.66. The summed E-state index contributed by atoms with van der Waals surface area (Å²) in [7, 11) is 1.69. The molecule has 106 valence electrons. The zero-order valence-electron chi connectivity index (χ0n) is 11.8. The van der Waals surface area contributed by atoms with Gasteiger partial charge in [0.15, 0.2) is 5.82 Å². The lowest BCUT2D eigenvalue weighted by Gasteiger charge is -2.07. The number of hydrogen-bond donors (Lipinski definition) is 2. The number of methoxy groups -OCH3 is 1. The maximum atomic E-state index is 4.99. The highest BCUT2D eigenvalue weighted by molar-refractivity contribution is 5.54. The van der Waals surface area contributed by atoms with Gasteiger partial charge in [0.1, 0.15) is 0 Å². The fourth-order valence-electron chi connectivity index (χ4n) is 1.73. The van der Waals surface area contributed by atoms with Crippen LogP contribution in [0, 0.1) is 6.92 Å². The molecule has 0 fully saturated rings. The lowest BCUT2D eigenvalue weighted by molar-refractivity contribution is 0.197. The molecule has 0 saturated carbocycles. The molecule has 0 amide bonds. The van der Waals surface area contributed by atoms with Crippen molar-refractivity contribution in [1.29, 1.82) is 0 Å². The first-order valence-corrected chi connectivity index (χ1v) is 6.54. The van der Waals surface area contributed by atoms with E-state index in [0.717, 1.165) is 25.3 Å². The molecule has 0 saturated heterocycles. The van der Waals surface area contributed by atoms with Crippen LogP contribution >= 0.6 is 0 Å². The second-order valence-electron chi connectivity index (χ2n) is 4.43. The number of benzene rings is 1. The van der Waals surface area contributed by atoms with Crippen molar-refractivity contribution in [1.82, 2.24) is 15.2 Å². The molecular formula is C14H19N5O. The highest BCUT2D eigenvalue weighted by Crippen LogP contribution is 2.14. The number of nitrogens with zero attached hydrogens (tertiary/aromatic N) is 3. The topological polar surface area (TPSA) is 72.0 Å². The fourth-order valence-corrected chi connectivity index (χ4v) is 1.73. The van der Waals surface area contributed by atoms with Gasteiger partial charge in [0.2, 0.25) is 5.95 Å². The van der Waals surface area contributed by atoms with Gasteiger partial charge in [-0.3, -0.25) is 0 Å². The first kappa shape index (κ1) is 14.2. The molecule has 0 unspecified atom stereocenters. The van der Waals surface area contributed by atoms with Crippen molar-refractivity contribution < 1.29 is 4.74 Å². The summed E-state index contributed by atoms with van der Waals surface area (Å²) in [6.45, 7) is 3.55. The molecule has 0 aliphatic carbocycles. The third kappa shape index (κ3) is 4.47. The Morgan fingerprint density at radius 2 is 2.20 bits per heavy atom. The zero-order valence-corrected chi connectivity index (χ0v) is 11.8. The molecule has 2 N–H and O–H groups in total. The maximum absolute atomic E-state index is 4.99. The summed E-state index contributed by atoms with van der Waals surface area (Å²) in [6.07, 6.45) is 2.52. The van der Waals surface area contributed by atoms with Gasteiger partial charge < -0.3 is 15.4 Å². The van der Waals surface area contributed by atoms with Gasteiger partial charge in [0, 0.05) is 25.9 Å². The summed E-state index contributed by atoms with van der Waals surface area (Å²) in [4.78, 5) is 4.36. The Labute approximate surface area is 118 Å². The number of aromatic nitrogens is 3. The summed E-state index contributed by atoms with van der Waals surface area (Å²) in [5.41, 5.74) is 2.13. The molecule has 0 radical (unpaired) electrons. The molecular weight excluding hydrogens is 254 g/mol. The predicted octanol–water partition coefficient (Wildman–Crippen LogP) is 2.37. The van der Waals surface area contributed by atoms with Crippen LogP contribution in [0.5, 0.6) is 0 Å². The van der Waals surface area contributed by atoms with E-state index in [1.807, 2.05) is 31.2 Å². The van der Waals surface area contributed by atoms with Crippen molar-refractivity contribution in [3.05, 3.63) is 36.0 Å². The second kappa shape index (κ2) is 7.40. The van der Waals surface area contributed by atoms with Gasteiger partial charge in [-0.1, -0.05) is 12.1 Å². The summed E-state index contributed by atoms with van der Waals surface area (Å²) >= 11 is 0. The summed E-state index contributed by atoms with van der Waals surface area (Å²) in [5, 5.41) is 14.2. The molecule has 6 nitrogen and oxygen atoms in total. The minimum atomic E-state index is 0.479. The van der Waals surface area contributed by atoms with Crippen LogP contribution in [-0.2, 0) is 4.74 Å². The van der Waals surface area contributed by atoms with Crippen molar-refractivity contribution in [3.63, 3.8) is 0 Å². The number of rotatable bonds is 7. The molecule has 1 heterocycles. The Morgan fingerprint density at radius 1 is 1.30 bits per heavy atom. The number of anilines is 3. The minimum Gasteiger partial charge on any atom is -0.385 e. The Hall–Kier alpha value is -2.21. The van der Waals surface area contributed by atoms with E-state index in [-0.39, 0.29) is 0 Å². The molecule has 2 aromatic rings. The van der Waals surface area contributed by atoms with Crippen molar-refractivity contribution >= 4 is 17.5 Å². The number of ether oxygens (including phenoxy) is 1. The smallest absolute Gasteiger partial charge is 0.249 e. The number of nitrogens with one attached hydrogen (secondary N) is 2. The molecule has 0 aliphatic heterocycles. The molecule has 0 aliphatic rings. The molecule has 1 aromatic carbocycles. The van der Waals surface area contributed by atoms with Gasteiger partial charge >= 0.3 is 0 Å². The predicted molar refractivity (Wildman–Crippen MR) is 79.3 cm³/mol. The summed E-state index contributed by atoms with van der Waals surface area (Å²) in [5.74, 6) is 1.18. The Bertz CT molecular complexity index is 547. The van der Waals surface area contributed by atoms with Crippen LogP contribution in [-0.4, -0.2) is 35.4 Å². The Morgan fingerprint density at radius 3 is 3.00 bits per heavy atom. The first-order chi connectivity index (χ1) is 9.78. The van der Waals surface area contributed by atoms with Crippen LogP contribution < -0.4 is 10.6 Å². The van der Waals surface area contributed by atoms with Crippen molar-refractivity contribution in [3.8, 4) is 0 Å². The average molecular weight is 273 g/mol. The van der Waals surface area contributed by atoms with E-state index < -0.39 is 0 Å². The van der Waals surface area contributed by atoms with Gasteiger partial charge in [0.25, 0.3) is 0 Å². The van der Waals surface area contributed by atoms with Crippen molar-refractivity contribution in [2.24, 2.45) is 0 Å². The SMILES string of the molecule is COCCCNc1cnnc(Nc2cccc(C)c2)n1. The standard InChI is InChI=1S/C14H19N5O/c1-11-5-3-6-12(9-11)17-14-18-13(10-16-19-14)15-7-4-8-20-2/h3,5-6,9-10H,4,7-8H2,1-2H3,(H2,15,17,18,19). The first-order valence-electron chi connectivity index (χ1n) is 6.54. The monoisotopic (exact) mass is 273 g/mol. The molecule has 0 spiro atoms. The maximum Gasteiger partial charge on any atom is 0.249 e. The van der Waals surface area contributed by atoms with E-state index in [2.05, 4.69) is 25.8 Å². The lowest BCUT2D eigenvalue weighted by Crippen LogP contribution is -2.08. The van der Waals surface area contributed by atoms with Crippen LogP contribution in [0.15, 0.2) is 30.5 Å². The highest BCUT2D eigenvalue weighted by atomic mass is 16.5. The van der Waals surface area contributed by atoms with E-state index in [4.69, 9.17) is 4.74 Å². The normalized spacial score (nSPS) is 10.3. The molecule has 0 bridgehead atoms. The van der Waals surface area contributed by atoms with Crippen LogP contribution in [0.4, 0.5) is 17.5 Å². The van der Waals surface area contributed by atoms with E-state index >= 15 is 0 Å². The van der Waals surface area contributed by atoms with E-state index in [1.165, 1.54) is 5.56 Å². The van der Waals surface area contributed by atoms with Gasteiger partial charge in [-0.05, 0) is 31.0 Å². The van der Waals surface area contributed by atoms with Gasteiger partial charge in [-0.25, -0.2) is 0 Å². The zero-order chi connectivity index (χ0) is 14.2. The van der Waals surface area contributed by atoms with E-state index in [9.17, 15) is 0 Å². The quantitative estimate of drug-likeness (QED) is 0.755. The van der Waals surface area contributed by atoms with Crippen LogP contribution in [0.2, 0.25) is 0 Å². The molecule has 6 heteroatoms. The van der Waals surface area contributed by atoms with Crippen LogP contribution in [0.25, 0.3) is 0 Å². The average Bonchev–Trinajstić information content (AvgIpc) is 2.44. The summed E-state index contributed by atoms with van der Waals surface area (Å²) in [6, 6.07) is 8.02. The van der Waals surface area contributed by atoms with Crippen molar-refractivity contribution in [2.45, 2.75) is 13.3 Å². The van der Waals surface area contributed by atoms with Gasteiger partial charge in [0.05, 0.1) is 6.20 Å². The molecule has 1 aromatic heterocycles.